The molecule has 4 rings (SSSR count). The normalized spacial score (nSPS) is 11.4. The molecule has 8 heteroatoms. The van der Waals surface area contributed by atoms with Crippen LogP contribution in [0.25, 0.3) is 22.4 Å². The lowest BCUT2D eigenvalue weighted by Gasteiger charge is -2.03. The van der Waals surface area contributed by atoms with Crippen LogP contribution in [0.15, 0.2) is 36.8 Å². The maximum atomic E-state index is 5.94. The number of rotatable bonds is 1. The molecule has 0 amide bonds. The summed E-state index contributed by atoms with van der Waals surface area (Å²) < 4.78 is 3.30. The van der Waals surface area contributed by atoms with Gasteiger partial charge in [-0.15, -0.1) is 5.10 Å². The minimum Gasteiger partial charge on any atom is -0.382 e. The van der Waals surface area contributed by atoms with E-state index in [9.17, 15) is 0 Å². The highest BCUT2D eigenvalue weighted by atomic mass is 15.3. The van der Waals surface area contributed by atoms with Crippen LogP contribution >= 0.6 is 0 Å². The first-order chi connectivity index (χ1) is 9.72. The minimum atomic E-state index is 0.136. The number of nitrogens with two attached hydrogens (primary N) is 2. The molecule has 0 saturated carbocycles. The summed E-state index contributed by atoms with van der Waals surface area (Å²) in [5.74, 6) is 0.462. The molecule has 8 nitrogen and oxygen atoms in total. The van der Waals surface area contributed by atoms with E-state index in [1.165, 1.54) is 0 Å². The minimum absolute atomic E-state index is 0.136. The Morgan fingerprint density at radius 3 is 2.70 bits per heavy atom. The lowest BCUT2D eigenvalue weighted by atomic mass is 10.2. The number of nitrogen functional groups attached to an aromatic ring is 2. The fourth-order valence-corrected chi connectivity index (χ4v) is 2.24. The van der Waals surface area contributed by atoms with Gasteiger partial charge in [-0.1, -0.05) is 0 Å². The number of hydrogen-bond acceptors (Lipinski definition) is 6. The van der Waals surface area contributed by atoms with Crippen molar-refractivity contribution in [1.29, 1.82) is 0 Å². The Hall–Kier alpha value is -3.16. The second-order valence-corrected chi connectivity index (χ2v) is 4.32. The lowest BCUT2D eigenvalue weighted by molar-refractivity contribution is 0.921. The third-order valence-corrected chi connectivity index (χ3v) is 3.09. The predicted molar refractivity (Wildman–Crippen MR) is 73.8 cm³/mol. The zero-order valence-electron chi connectivity index (χ0n) is 10.3. The summed E-state index contributed by atoms with van der Waals surface area (Å²) in [5, 5.41) is 8.21. The third-order valence-electron chi connectivity index (χ3n) is 3.09. The van der Waals surface area contributed by atoms with E-state index >= 15 is 0 Å². The molecule has 20 heavy (non-hydrogen) atoms. The van der Waals surface area contributed by atoms with Gasteiger partial charge < -0.3 is 11.5 Å². The first kappa shape index (κ1) is 10.7. The largest absolute Gasteiger partial charge is 0.382 e. The fraction of sp³-hybridized carbons (Fsp3) is 0. The molecule has 0 bridgehead atoms. The highest BCUT2D eigenvalue weighted by Crippen LogP contribution is 2.27. The molecule has 0 fully saturated rings. The number of nitrogens with zero attached hydrogens (tertiary/aromatic N) is 6. The fourth-order valence-electron chi connectivity index (χ4n) is 2.24. The predicted octanol–water partition coefficient (Wildman–Crippen LogP) is 0.603. The molecule has 0 aromatic carbocycles. The van der Waals surface area contributed by atoms with Gasteiger partial charge in [-0.05, 0) is 12.1 Å². The van der Waals surface area contributed by atoms with E-state index in [1.54, 1.807) is 21.4 Å². The number of fused-ring (bicyclic) bond motifs is 2. The number of aromatic nitrogens is 6. The maximum absolute atomic E-state index is 5.94. The van der Waals surface area contributed by atoms with Gasteiger partial charge >= 0.3 is 0 Å². The molecule has 4 aromatic rings. The van der Waals surface area contributed by atoms with E-state index in [0.717, 1.165) is 16.9 Å². The van der Waals surface area contributed by atoms with Crippen molar-refractivity contribution in [3.8, 4) is 11.3 Å². The Morgan fingerprint density at radius 1 is 0.950 bits per heavy atom. The van der Waals surface area contributed by atoms with Gasteiger partial charge in [-0.3, -0.25) is 0 Å². The second kappa shape index (κ2) is 3.67. The monoisotopic (exact) mass is 266 g/mol. The van der Waals surface area contributed by atoms with Crippen molar-refractivity contribution in [1.82, 2.24) is 29.2 Å². The number of anilines is 2. The van der Waals surface area contributed by atoms with E-state index in [0.29, 0.717) is 11.3 Å². The van der Waals surface area contributed by atoms with Crippen LogP contribution in [0, 0.1) is 0 Å². The smallest absolute Gasteiger partial charge is 0.240 e. The zero-order chi connectivity index (χ0) is 13.7. The van der Waals surface area contributed by atoms with Gasteiger partial charge in [0.25, 0.3) is 0 Å². The SMILES string of the molecule is Nc1nc(N)c2c(-c3ccn4nccc4n3)ccn2n1. The van der Waals surface area contributed by atoms with Gasteiger partial charge in [0.05, 0.1) is 11.9 Å². The van der Waals surface area contributed by atoms with E-state index in [4.69, 9.17) is 11.5 Å². The highest BCUT2D eigenvalue weighted by molar-refractivity contribution is 5.86. The van der Waals surface area contributed by atoms with Crippen LogP contribution in [0.3, 0.4) is 0 Å². The summed E-state index contributed by atoms with van der Waals surface area (Å²) >= 11 is 0. The van der Waals surface area contributed by atoms with E-state index in [1.807, 2.05) is 24.4 Å². The first-order valence-corrected chi connectivity index (χ1v) is 5.93. The van der Waals surface area contributed by atoms with Crippen molar-refractivity contribution in [2.45, 2.75) is 0 Å². The number of hydrogen-bond donors (Lipinski definition) is 2. The summed E-state index contributed by atoms with van der Waals surface area (Å²) in [6.45, 7) is 0. The molecule has 0 aliphatic carbocycles. The molecule has 0 radical (unpaired) electrons. The van der Waals surface area contributed by atoms with Gasteiger partial charge in [-0.2, -0.15) is 10.1 Å². The Labute approximate surface area is 112 Å². The van der Waals surface area contributed by atoms with Crippen molar-refractivity contribution >= 4 is 22.9 Å². The molecule has 0 unspecified atom stereocenters. The van der Waals surface area contributed by atoms with Gasteiger partial charge in [0.15, 0.2) is 11.5 Å². The summed E-state index contributed by atoms with van der Waals surface area (Å²) in [6.07, 6.45) is 5.32. The van der Waals surface area contributed by atoms with Crippen LogP contribution in [0.5, 0.6) is 0 Å². The summed E-state index contributed by atoms with van der Waals surface area (Å²) in [7, 11) is 0. The molecule has 4 aromatic heterocycles. The van der Waals surface area contributed by atoms with Crippen LogP contribution < -0.4 is 11.5 Å². The Bertz CT molecular complexity index is 935. The first-order valence-electron chi connectivity index (χ1n) is 5.93. The van der Waals surface area contributed by atoms with Crippen LogP contribution in [0.1, 0.15) is 0 Å². The maximum Gasteiger partial charge on any atom is 0.240 e. The molecule has 98 valence electrons. The Balaban J connectivity index is 2.01. The third kappa shape index (κ3) is 1.41. The van der Waals surface area contributed by atoms with Crippen molar-refractivity contribution in [2.75, 3.05) is 11.5 Å². The van der Waals surface area contributed by atoms with Crippen molar-refractivity contribution in [2.24, 2.45) is 0 Å². The van der Waals surface area contributed by atoms with E-state index in [2.05, 4.69) is 20.2 Å². The average Bonchev–Trinajstić information content (AvgIpc) is 3.03. The molecular weight excluding hydrogens is 256 g/mol. The van der Waals surface area contributed by atoms with Crippen molar-refractivity contribution in [3.05, 3.63) is 36.8 Å². The van der Waals surface area contributed by atoms with E-state index in [-0.39, 0.29) is 5.95 Å². The molecule has 0 atom stereocenters. The van der Waals surface area contributed by atoms with Crippen LogP contribution in [-0.2, 0) is 0 Å². The van der Waals surface area contributed by atoms with Gasteiger partial charge in [0.2, 0.25) is 5.95 Å². The second-order valence-electron chi connectivity index (χ2n) is 4.32. The van der Waals surface area contributed by atoms with E-state index < -0.39 is 0 Å². The van der Waals surface area contributed by atoms with Gasteiger partial charge in [-0.25, -0.2) is 14.0 Å². The van der Waals surface area contributed by atoms with Crippen LogP contribution in [0.4, 0.5) is 11.8 Å². The standard InChI is InChI=1S/C12H10N8/c13-11-10-7(2-5-20(10)18-12(14)17-11)8-3-6-19-9(16-8)1-4-15-19/h1-6H,(H4,13,14,17,18). The average molecular weight is 266 g/mol. The molecule has 4 heterocycles. The topological polar surface area (TPSA) is 112 Å². The summed E-state index contributed by atoms with van der Waals surface area (Å²) in [4.78, 5) is 8.53. The molecule has 4 N–H and O–H groups in total. The van der Waals surface area contributed by atoms with Crippen molar-refractivity contribution < 1.29 is 0 Å². The van der Waals surface area contributed by atoms with Crippen LogP contribution in [-0.4, -0.2) is 29.2 Å². The Kier molecular flexibility index (Phi) is 1.97. The Morgan fingerprint density at radius 2 is 1.80 bits per heavy atom. The molecule has 0 saturated heterocycles. The van der Waals surface area contributed by atoms with Gasteiger partial charge in [0.1, 0.15) is 5.52 Å². The zero-order valence-corrected chi connectivity index (χ0v) is 10.3. The molecular formula is C12H10N8. The molecule has 0 aliphatic rings. The summed E-state index contributed by atoms with van der Waals surface area (Å²) in [6, 6.07) is 5.58. The quantitative estimate of drug-likeness (QED) is 0.521. The van der Waals surface area contributed by atoms with Crippen LogP contribution in [0.2, 0.25) is 0 Å². The molecule has 0 spiro atoms. The lowest BCUT2D eigenvalue weighted by Crippen LogP contribution is -2.05. The van der Waals surface area contributed by atoms with Gasteiger partial charge in [0, 0.05) is 24.0 Å². The molecule has 0 aliphatic heterocycles. The summed E-state index contributed by atoms with van der Waals surface area (Å²) in [5.41, 5.74) is 14.6. The highest BCUT2D eigenvalue weighted by Gasteiger charge is 2.12. The van der Waals surface area contributed by atoms with Crippen molar-refractivity contribution in [3.63, 3.8) is 0 Å².